The number of hydrogen-bond acceptors (Lipinski definition) is 5. The lowest BCUT2D eigenvalue weighted by Crippen LogP contribution is -2.33. The van der Waals surface area contributed by atoms with Gasteiger partial charge in [0.05, 0.1) is 10.4 Å². The highest BCUT2D eigenvalue weighted by atomic mass is 32.1. The second kappa shape index (κ2) is 6.76. The number of imide groups is 1. The van der Waals surface area contributed by atoms with Crippen LogP contribution in [0.15, 0.2) is 41.8 Å². The summed E-state index contributed by atoms with van der Waals surface area (Å²) < 4.78 is 18.0. The standard InChI is InChI=1S/C14H10FNO4S/c15-10-5-2-1-4-9(10)14(19)20-8-12(17)16-13(18)11-6-3-7-21-11/h1-7H,8H2,(H,16,17,18). The summed E-state index contributed by atoms with van der Waals surface area (Å²) in [7, 11) is 0. The molecule has 1 aromatic heterocycles. The van der Waals surface area contributed by atoms with Crippen LogP contribution >= 0.6 is 11.3 Å². The van der Waals surface area contributed by atoms with Crippen molar-refractivity contribution in [2.45, 2.75) is 0 Å². The molecule has 0 saturated heterocycles. The summed E-state index contributed by atoms with van der Waals surface area (Å²) in [4.78, 5) is 35.0. The molecule has 0 spiro atoms. The van der Waals surface area contributed by atoms with E-state index in [9.17, 15) is 18.8 Å². The number of esters is 1. The Hall–Kier alpha value is -2.54. The molecule has 7 heteroatoms. The van der Waals surface area contributed by atoms with Gasteiger partial charge < -0.3 is 4.74 Å². The lowest BCUT2D eigenvalue weighted by molar-refractivity contribution is -0.123. The van der Waals surface area contributed by atoms with Gasteiger partial charge in [0.2, 0.25) is 0 Å². The number of rotatable bonds is 4. The summed E-state index contributed by atoms with van der Waals surface area (Å²) in [6.45, 7) is -0.662. The van der Waals surface area contributed by atoms with Crippen molar-refractivity contribution >= 4 is 29.1 Å². The molecule has 0 bridgehead atoms. The minimum Gasteiger partial charge on any atom is -0.452 e. The van der Waals surface area contributed by atoms with Crippen molar-refractivity contribution in [1.29, 1.82) is 0 Å². The lowest BCUT2D eigenvalue weighted by Gasteiger charge is -2.05. The molecule has 0 unspecified atom stereocenters. The third kappa shape index (κ3) is 3.96. The molecule has 0 atom stereocenters. The van der Waals surface area contributed by atoms with Gasteiger partial charge in [0.1, 0.15) is 5.82 Å². The van der Waals surface area contributed by atoms with Crippen LogP contribution in [-0.2, 0) is 9.53 Å². The first-order valence-electron chi connectivity index (χ1n) is 5.87. The number of halogens is 1. The second-order valence-corrected chi connectivity index (χ2v) is 4.86. The fourth-order valence-corrected chi connectivity index (χ4v) is 2.09. The van der Waals surface area contributed by atoms with Crippen molar-refractivity contribution in [2.24, 2.45) is 0 Å². The van der Waals surface area contributed by atoms with E-state index in [2.05, 4.69) is 10.1 Å². The summed E-state index contributed by atoms with van der Waals surface area (Å²) in [5.41, 5.74) is -0.269. The topological polar surface area (TPSA) is 72.5 Å². The van der Waals surface area contributed by atoms with E-state index in [-0.39, 0.29) is 5.56 Å². The Morgan fingerprint density at radius 2 is 1.90 bits per heavy atom. The number of nitrogens with one attached hydrogen (secondary N) is 1. The molecule has 0 aliphatic rings. The second-order valence-electron chi connectivity index (χ2n) is 3.91. The van der Waals surface area contributed by atoms with Crippen molar-refractivity contribution in [3.05, 3.63) is 58.0 Å². The highest BCUT2D eigenvalue weighted by Gasteiger charge is 2.16. The summed E-state index contributed by atoms with van der Waals surface area (Å²) in [5.74, 6) is -3.06. The molecule has 1 aromatic carbocycles. The maximum absolute atomic E-state index is 13.3. The van der Waals surface area contributed by atoms with Gasteiger partial charge in [-0.2, -0.15) is 0 Å². The van der Waals surface area contributed by atoms with Crippen LogP contribution in [0, 0.1) is 5.82 Å². The van der Waals surface area contributed by atoms with E-state index in [1.54, 1.807) is 17.5 Å². The molecular formula is C14H10FNO4S. The van der Waals surface area contributed by atoms with E-state index in [0.29, 0.717) is 4.88 Å². The molecule has 2 amide bonds. The van der Waals surface area contributed by atoms with Gasteiger partial charge in [0.25, 0.3) is 11.8 Å². The van der Waals surface area contributed by atoms with Gasteiger partial charge in [-0.15, -0.1) is 11.3 Å². The largest absolute Gasteiger partial charge is 0.452 e. The van der Waals surface area contributed by atoms with Crippen molar-refractivity contribution < 1.29 is 23.5 Å². The van der Waals surface area contributed by atoms with Crippen LogP contribution in [0.5, 0.6) is 0 Å². The molecule has 1 N–H and O–H groups in total. The average Bonchev–Trinajstić information content (AvgIpc) is 2.99. The van der Waals surface area contributed by atoms with Crippen molar-refractivity contribution in [1.82, 2.24) is 5.32 Å². The van der Waals surface area contributed by atoms with Crippen molar-refractivity contribution in [3.63, 3.8) is 0 Å². The van der Waals surface area contributed by atoms with E-state index in [1.165, 1.54) is 29.5 Å². The van der Waals surface area contributed by atoms with E-state index < -0.39 is 30.2 Å². The quantitative estimate of drug-likeness (QED) is 0.877. The minimum absolute atomic E-state index is 0.269. The van der Waals surface area contributed by atoms with Crippen LogP contribution in [0.3, 0.4) is 0 Å². The van der Waals surface area contributed by atoms with Crippen LogP contribution in [0.2, 0.25) is 0 Å². The molecule has 108 valence electrons. The van der Waals surface area contributed by atoms with Crippen LogP contribution < -0.4 is 5.32 Å². The highest BCUT2D eigenvalue weighted by molar-refractivity contribution is 7.12. The van der Waals surface area contributed by atoms with E-state index in [0.717, 1.165) is 6.07 Å². The van der Waals surface area contributed by atoms with Crippen molar-refractivity contribution in [3.8, 4) is 0 Å². The molecule has 2 rings (SSSR count). The zero-order valence-corrected chi connectivity index (χ0v) is 11.5. The zero-order chi connectivity index (χ0) is 15.2. The van der Waals surface area contributed by atoms with Crippen LogP contribution in [0.1, 0.15) is 20.0 Å². The van der Waals surface area contributed by atoms with Crippen LogP contribution in [0.4, 0.5) is 4.39 Å². The minimum atomic E-state index is -0.966. The number of benzene rings is 1. The van der Waals surface area contributed by atoms with E-state index in [4.69, 9.17) is 0 Å². The number of carbonyl (C=O) groups excluding carboxylic acids is 3. The van der Waals surface area contributed by atoms with Crippen molar-refractivity contribution in [2.75, 3.05) is 6.61 Å². The normalized spacial score (nSPS) is 9.95. The Kier molecular flexibility index (Phi) is 4.78. The monoisotopic (exact) mass is 307 g/mol. The Morgan fingerprint density at radius 1 is 1.14 bits per heavy atom. The first kappa shape index (κ1) is 14.9. The molecule has 0 aliphatic carbocycles. The van der Waals surface area contributed by atoms with Gasteiger partial charge in [0, 0.05) is 0 Å². The fraction of sp³-hybridized carbons (Fsp3) is 0.0714. The van der Waals surface area contributed by atoms with Gasteiger partial charge in [-0.25, -0.2) is 9.18 Å². The Morgan fingerprint density at radius 3 is 2.57 bits per heavy atom. The van der Waals surface area contributed by atoms with Gasteiger partial charge in [-0.05, 0) is 23.6 Å². The Labute approximate surface area is 123 Å². The van der Waals surface area contributed by atoms with E-state index >= 15 is 0 Å². The van der Waals surface area contributed by atoms with Gasteiger partial charge in [-0.3, -0.25) is 14.9 Å². The average molecular weight is 307 g/mol. The van der Waals surface area contributed by atoms with Crippen LogP contribution in [-0.4, -0.2) is 24.4 Å². The summed E-state index contributed by atoms with van der Waals surface area (Å²) >= 11 is 1.17. The Bertz CT molecular complexity index is 669. The predicted molar refractivity (Wildman–Crippen MR) is 73.5 cm³/mol. The molecule has 0 saturated carbocycles. The first-order valence-corrected chi connectivity index (χ1v) is 6.75. The lowest BCUT2D eigenvalue weighted by atomic mass is 10.2. The third-order valence-electron chi connectivity index (χ3n) is 2.43. The molecule has 2 aromatic rings. The van der Waals surface area contributed by atoms with Crippen LogP contribution in [0.25, 0.3) is 0 Å². The third-order valence-corrected chi connectivity index (χ3v) is 3.29. The summed E-state index contributed by atoms with van der Waals surface area (Å²) in [6, 6.07) is 8.48. The molecule has 0 fully saturated rings. The SMILES string of the molecule is O=C(COC(=O)c1ccccc1F)NC(=O)c1cccs1. The summed E-state index contributed by atoms with van der Waals surface area (Å²) in [5, 5.41) is 3.76. The Balaban J connectivity index is 1.86. The number of carbonyl (C=O) groups is 3. The predicted octanol–water partition coefficient (Wildman–Crippen LogP) is 2.00. The molecule has 21 heavy (non-hydrogen) atoms. The molecule has 0 aliphatic heterocycles. The molecule has 5 nitrogen and oxygen atoms in total. The number of amides is 2. The summed E-state index contributed by atoms with van der Waals surface area (Å²) in [6.07, 6.45) is 0. The van der Waals surface area contributed by atoms with Gasteiger partial charge in [0.15, 0.2) is 6.61 Å². The number of hydrogen-bond donors (Lipinski definition) is 1. The number of thiophene rings is 1. The smallest absolute Gasteiger partial charge is 0.341 e. The zero-order valence-electron chi connectivity index (χ0n) is 10.7. The highest BCUT2D eigenvalue weighted by Crippen LogP contribution is 2.09. The van der Waals surface area contributed by atoms with Gasteiger partial charge >= 0.3 is 5.97 Å². The van der Waals surface area contributed by atoms with E-state index in [1.807, 2.05) is 0 Å². The molecule has 0 radical (unpaired) electrons. The fourth-order valence-electron chi connectivity index (χ4n) is 1.47. The number of ether oxygens (including phenoxy) is 1. The maximum Gasteiger partial charge on any atom is 0.341 e. The molecule has 1 heterocycles. The van der Waals surface area contributed by atoms with Gasteiger partial charge in [-0.1, -0.05) is 18.2 Å². The first-order chi connectivity index (χ1) is 10.1. The molecular weight excluding hydrogens is 297 g/mol. The maximum atomic E-state index is 13.3.